The van der Waals surface area contributed by atoms with Gasteiger partial charge < -0.3 is 5.32 Å². The summed E-state index contributed by atoms with van der Waals surface area (Å²) in [6.07, 6.45) is 5.64. The van der Waals surface area contributed by atoms with Crippen molar-refractivity contribution < 1.29 is 0 Å². The molecule has 2 rings (SSSR count). The molecule has 0 aliphatic carbocycles. The van der Waals surface area contributed by atoms with Gasteiger partial charge in [0.05, 0.1) is 0 Å². The molecular formula is C11H16N2. The van der Waals surface area contributed by atoms with Gasteiger partial charge in [-0.2, -0.15) is 0 Å². The SMILES string of the molecule is c1ccc(CC2CCNCC2)nc1. The summed E-state index contributed by atoms with van der Waals surface area (Å²) in [5.41, 5.74) is 1.24. The second-order valence-electron chi connectivity index (χ2n) is 3.72. The Morgan fingerprint density at radius 2 is 2.15 bits per heavy atom. The minimum absolute atomic E-state index is 0.844. The summed E-state index contributed by atoms with van der Waals surface area (Å²) in [6.45, 7) is 2.36. The summed E-state index contributed by atoms with van der Waals surface area (Å²) in [7, 11) is 0. The van der Waals surface area contributed by atoms with E-state index in [1.807, 2.05) is 12.3 Å². The largest absolute Gasteiger partial charge is 0.317 e. The Balaban J connectivity index is 1.90. The van der Waals surface area contributed by atoms with Gasteiger partial charge in [0.2, 0.25) is 0 Å². The third-order valence-corrected chi connectivity index (χ3v) is 2.68. The fraction of sp³-hybridized carbons (Fsp3) is 0.545. The maximum atomic E-state index is 4.35. The lowest BCUT2D eigenvalue weighted by atomic mass is 9.93. The molecule has 1 saturated heterocycles. The molecule has 1 aromatic heterocycles. The Bertz CT molecular complexity index is 240. The van der Waals surface area contributed by atoms with E-state index < -0.39 is 0 Å². The van der Waals surface area contributed by atoms with Crippen LogP contribution in [-0.4, -0.2) is 18.1 Å². The summed E-state index contributed by atoms with van der Waals surface area (Å²) in [4.78, 5) is 4.35. The van der Waals surface area contributed by atoms with Crippen molar-refractivity contribution in [3.8, 4) is 0 Å². The molecule has 1 aliphatic heterocycles. The van der Waals surface area contributed by atoms with Gasteiger partial charge in [-0.1, -0.05) is 6.07 Å². The first-order valence-electron chi connectivity index (χ1n) is 5.06. The average molecular weight is 176 g/mol. The number of rotatable bonds is 2. The normalized spacial score (nSPS) is 18.8. The molecule has 1 fully saturated rings. The number of aromatic nitrogens is 1. The van der Waals surface area contributed by atoms with Crippen LogP contribution in [0.3, 0.4) is 0 Å². The van der Waals surface area contributed by atoms with E-state index in [1.54, 1.807) is 0 Å². The maximum absolute atomic E-state index is 4.35. The predicted octanol–water partition coefficient (Wildman–Crippen LogP) is 1.62. The van der Waals surface area contributed by atoms with Crippen molar-refractivity contribution in [2.75, 3.05) is 13.1 Å². The van der Waals surface area contributed by atoms with Crippen LogP contribution in [0, 0.1) is 5.92 Å². The standard InChI is InChI=1S/C11H16N2/c1-2-6-13-11(3-1)9-10-4-7-12-8-5-10/h1-3,6,10,12H,4-5,7-9H2. The van der Waals surface area contributed by atoms with Gasteiger partial charge in [0.25, 0.3) is 0 Å². The van der Waals surface area contributed by atoms with E-state index in [-0.39, 0.29) is 0 Å². The van der Waals surface area contributed by atoms with Crippen LogP contribution in [0.1, 0.15) is 18.5 Å². The van der Waals surface area contributed by atoms with E-state index >= 15 is 0 Å². The highest BCUT2D eigenvalue weighted by molar-refractivity contribution is 5.04. The zero-order valence-electron chi connectivity index (χ0n) is 7.87. The minimum atomic E-state index is 0.844. The van der Waals surface area contributed by atoms with E-state index in [1.165, 1.54) is 31.6 Å². The summed E-state index contributed by atoms with van der Waals surface area (Å²) in [6, 6.07) is 6.18. The quantitative estimate of drug-likeness (QED) is 0.740. The Morgan fingerprint density at radius 1 is 1.31 bits per heavy atom. The van der Waals surface area contributed by atoms with Crippen LogP contribution >= 0.6 is 0 Å². The number of hydrogen-bond donors (Lipinski definition) is 1. The predicted molar refractivity (Wildman–Crippen MR) is 53.5 cm³/mol. The van der Waals surface area contributed by atoms with Crippen LogP contribution in [0.15, 0.2) is 24.4 Å². The maximum Gasteiger partial charge on any atom is 0.0406 e. The van der Waals surface area contributed by atoms with Crippen molar-refractivity contribution in [2.24, 2.45) is 5.92 Å². The molecule has 0 saturated carbocycles. The number of nitrogens with zero attached hydrogens (tertiary/aromatic N) is 1. The average Bonchev–Trinajstić information content (AvgIpc) is 2.21. The molecule has 1 aromatic rings. The van der Waals surface area contributed by atoms with Crippen molar-refractivity contribution in [3.63, 3.8) is 0 Å². The molecule has 70 valence electrons. The van der Waals surface area contributed by atoms with Crippen LogP contribution < -0.4 is 5.32 Å². The van der Waals surface area contributed by atoms with Crippen molar-refractivity contribution in [1.29, 1.82) is 0 Å². The van der Waals surface area contributed by atoms with E-state index in [2.05, 4.69) is 22.4 Å². The van der Waals surface area contributed by atoms with E-state index in [0.717, 1.165) is 12.3 Å². The van der Waals surface area contributed by atoms with Gasteiger partial charge in [-0.15, -0.1) is 0 Å². The number of piperidine rings is 1. The van der Waals surface area contributed by atoms with Crippen LogP contribution in [0.2, 0.25) is 0 Å². The Kier molecular flexibility index (Phi) is 2.93. The molecule has 1 aliphatic rings. The Morgan fingerprint density at radius 3 is 2.85 bits per heavy atom. The number of pyridine rings is 1. The van der Waals surface area contributed by atoms with Crippen molar-refractivity contribution in [3.05, 3.63) is 30.1 Å². The van der Waals surface area contributed by atoms with Gasteiger partial charge in [0.1, 0.15) is 0 Å². The van der Waals surface area contributed by atoms with Gasteiger partial charge in [-0.3, -0.25) is 4.98 Å². The summed E-state index contributed by atoms with van der Waals surface area (Å²) in [5, 5.41) is 3.38. The van der Waals surface area contributed by atoms with E-state index in [0.29, 0.717) is 0 Å². The second kappa shape index (κ2) is 4.38. The van der Waals surface area contributed by atoms with Crippen molar-refractivity contribution >= 4 is 0 Å². The summed E-state index contributed by atoms with van der Waals surface area (Å²) in [5.74, 6) is 0.844. The molecule has 13 heavy (non-hydrogen) atoms. The first-order chi connectivity index (χ1) is 6.45. The smallest absolute Gasteiger partial charge is 0.0406 e. The molecule has 2 nitrogen and oxygen atoms in total. The van der Waals surface area contributed by atoms with Gasteiger partial charge in [0, 0.05) is 11.9 Å². The molecule has 0 spiro atoms. The van der Waals surface area contributed by atoms with E-state index in [4.69, 9.17) is 0 Å². The van der Waals surface area contributed by atoms with E-state index in [9.17, 15) is 0 Å². The molecule has 0 atom stereocenters. The monoisotopic (exact) mass is 176 g/mol. The Labute approximate surface area is 79.4 Å². The highest BCUT2D eigenvalue weighted by Crippen LogP contribution is 2.16. The molecule has 1 N–H and O–H groups in total. The molecule has 0 amide bonds. The fourth-order valence-corrected chi connectivity index (χ4v) is 1.90. The lowest BCUT2D eigenvalue weighted by molar-refractivity contribution is 0.370. The zero-order valence-corrected chi connectivity index (χ0v) is 7.87. The molecule has 0 bridgehead atoms. The second-order valence-corrected chi connectivity index (χ2v) is 3.72. The third kappa shape index (κ3) is 2.52. The van der Waals surface area contributed by atoms with Crippen LogP contribution in [0.5, 0.6) is 0 Å². The summed E-state index contributed by atoms with van der Waals surface area (Å²) < 4.78 is 0. The molecular weight excluding hydrogens is 160 g/mol. The topological polar surface area (TPSA) is 24.9 Å². The zero-order chi connectivity index (χ0) is 8.93. The first kappa shape index (κ1) is 8.70. The molecule has 0 aromatic carbocycles. The highest BCUT2D eigenvalue weighted by atomic mass is 14.9. The molecule has 2 heterocycles. The van der Waals surface area contributed by atoms with Gasteiger partial charge >= 0.3 is 0 Å². The third-order valence-electron chi connectivity index (χ3n) is 2.68. The van der Waals surface area contributed by atoms with Gasteiger partial charge in [-0.05, 0) is 50.4 Å². The van der Waals surface area contributed by atoms with Gasteiger partial charge in [0.15, 0.2) is 0 Å². The van der Waals surface area contributed by atoms with Crippen LogP contribution in [0.25, 0.3) is 0 Å². The summed E-state index contributed by atoms with van der Waals surface area (Å²) >= 11 is 0. The van der Waals surface area contributed by atoms with Crippen LogP contribution in [0.4, 0.5) is 0 Å². The van der Waals surface area contributed by atoms with Crippen molar-refractivity contribution in [2.45, 2.75) is 19.3 Å². The lowest BCUT2D eigenvalue weighted by Gasteiger charge is -2.21. The van der Waals surface area contributed by atoms with Crippen molar-refractivity contribution in [1.82, 2.24) is 10.3 Å². The highest BCUT2D eigenvalue weighted by Gasteiger charge is 2.13. The molecule has 0 radical (unpaired) electrons. The number of hydrogen-bond acceptors (Lipinski definition) is 2. The first-order valence-corrected chi connectivity index (χ1v) is 5.06. The fourth-order valence-electron chi connectivity index (χ4n) is 1.90. The Hall–Kier alpha value is -0.890. The lowest BCUT2D eigenvalue weighted by Crippen LogP contribution is -2.28. The minimum Gasteiger partial charge on any atom is -0.317 e. The molecule has 0 unspecified atom stereocenters. The number of nitrogens with one attached hydrogen (secondary N) is 1. The van der Waals surface area contributed by atoms with Gasteiger partial charge in [-0.25, -0.2) is 0 Å². The molecule has 2 heteroatoms. The van der Waals surface area contributed by atoms with Crippen LogP contribution in [-0.2, 0) is 6.42 Å².